The summed E-state index contributed by atoms with van der Waals surface area (Å²) < 4.78 is 64.0. The average molecular weight is 364 g/mol. The van der Waals surface area contributed by atoms with E-state index >= 15 is 0 Å². The summed E-state index contributed by atoms with van der Waals surface area (Å²) in [5, 5.41) is 0. The van der Waals surface area contributed by atoms with Crippen LogP contribution in [0.1, 0.15) is 12.2 Å². The van der Waals surface area contributed by atoms with E-state index in [0.29, 0.717) is 16.9 Å². The van der Waals surface area contributed by atoms with Crippen molar-refractivity contribution in [2.75, 3.05) is 5.75 Å². The Balaban J connectivity index is 0.00000220. The van der Waals surface area contributed by atoms with Crippen LogP contribution >= 0.6 is 0 Å². The van der Waals surface area contributed by atoms with Crippen LogP contribution in [0, 0.1) is 0 Å². The number of hydrogen-bond donors (Lipinski definition) is 1. The van der Waals surface area contributed by atoms with E-state index in [1.54, 1.807) is 0 Å². The van der Waals surface area contributed by atoms with Gasteiger partial charge in [0.1, 0.15) is 15.9 Å². The number of fused-ring (bicyclic) bond motifs is 1. The molecule has 0 amide bonds. The van der Waals surface area contributed by atoms with Crippen molar-refractivity contribution in [2.45, 2.75) is 17.7 Å². The first kappa shape index (κ1) is 22.5. The van der Waals surface area contributed by atoms with E-state index in [-0.39, 0.29) is 76.9 Å². The fourth-order valence-electron chi connectivity index (χ4n) is 1.73. The summed E-state index contributed by atoms with van der Waals surface area (Å²) in [6, 6.07) is 3.69. The molecule has 0 unspecified atom stereocenters. The van der Waals surface area contributed by atoms with E-state index in [0.717, 1.165) is 6.07 Å². The minimum absolute atomic E-state index is 0. The summed E-state index contributed by atoms with van der Waals surface area (Å²) in [6.45, 7) is 0. The molecule has 0 aliphatic rings. The van der Waals surface area contributed by atoms with Crippen LogP contribution in [-0.4, -0.2) is 41.7 Å². The molecule has 0 fully saturated rings. The molecule has 1 aromatic heterocycles. The van der Waals surface area contributed by atoms with Crippen molar-refractivity contribution in [1.29, 1.82) is 0 Å². The third-order valence-electron chi connectivity index (χ3n) is 2.60. The van der Waals surface area contributed by atoms with Crippen LogP contribution in [0.15, 0.2) is 23.1 Å². The molecular weight excluding hydrogens is 354 g/mol. The van der Waals surface area contributed by atoms with Gasteiger partial charge in [0.25, 0.3) is 0 Å². The van der Waals surface area contributed by atoms with Crippen LogP contribution in [0.2, 0.25) is 0 Å². The van der Waals surface area contributed by atoms with E-state index in [4.69, 9.17) is 0 Å². The smallest absolute Gasteiger partial charge is 0.748 e. The molecule has 0 saturated heterocycles. The predicted octanol–water partition coefficient (Wildman–Crippen LogP) is -6.05. The molecule has 0 atom stereocenters. The van der Waals surface area contributed by atoms with Crippen molar-refractivity contribution in [3.63, 3.8) is 0 Å². The molecule has 1 heterocycles. The quantitative estimate of drug-likeness (QED) is 0.411. The maximum atomic E-state index is 10.9. The van der Waals surface area contributed by atoms with Gasteiger partial charge >= 0.3 is 59.1 Å². The maximum absolute atomic E-state index is 10.9. The van der Waals surface area contributed by atoms with Gasteiger partial charge in [0.15, 0.2) is 0 Å². The number of nitrogens with one attached hydrogen (secondary N) is 1. The van der Waals surface area contributed by atoms with Gasteiger partial charge in [0.2, 0.25) is 0 Å². The predicted molar refractivity (Wildman–Crippen MR) is 66.9 cm³/mol. The van der Waals surface area contributed by atoms with Crippen LogP contribution in [0.5, 0.6) is 0 Å². The zero-order valence-electron chi connectivity index (χ0n) is 12.1. The molecule has 12 heteroatoms. The summed E-state index contributed by atoms with van der Waals surface area (Å²) in [5.41, 5.74) is 0.819. The number of benzene rings is 1. The largest absolute Gasteiger partial charge is 1.00 e. The molecule has 0 bridgehead atoms. The SMILES string of the molecule is O=S(=O)([O-])CCCc1nc2ccc(S(=O)(=O)[O-])cc2[nH]1.[Na+].[Na+]. The maximum Gasteiger partial charge on any atom is 1.00 e. The molecule has 22 heavy (non-hydrogen) atoms. The molecule has 8 nitrogen and oxygen atoms in total. The van der Waals surface area contributed by atoms with E-state index in [9.17, 15) is 25.9 Å². The fraction of sp³-hybridized carbons (Fsp3) is 0.300. The zero-order valence-corrected chi connectivity index (χ0v) is 17.7. The van der Waals surface area contributed by atoms with Gasteiger partial charge < -0.3 is 14.1 Å². The Bertz CT molecular complexity index is 847. The van der Waals surface area contributed by atoms with E-state index in [1.165, 1.54) is 12.1 Å². The van der Waals surface area contributed by atoms with Crippen molar-refractivity contribution in [3.8, 4) is 0 Å². The van der Waals surface area contributed by atoms with E-state index < -0.39 is 26.0 Å². The monoisotopic (exact) mass is 364 g/mol. The Morgan fingerprint density at radius 2 is 1.73 bits per heavy atom. The van der Waals surface area contributed by atoms with Crippen LogP contribution < -0.4 is 59.1 Å². The topological polar surface area (TPSA) is 143 Å². The van der Waals surface area contributed by atoms with Crippen LogP contribution in [0.4, 0.5) is 0 Å². The number of aryl methyl sites for hydroxylation is 1. The van der Waals surface area contributed by atoms with Crippen molar-refractivity contribution in [2.24, 2.45) is 0 Å². The minimum Gasteiger partial charge on any atom is -0.748 e. The van der Waals surface area contributed by atoms with Gasteiger partial charge in [-0.15, -0.1) is 0 Å². The van der Waals surface area contributed by atoms with Crippen molar-refractivity contribution >= 4 is 31.3 Å². The van der Waals surface area contributed by atoms with Crippen molar-refractivity contribution in [3.05, 3.63) is 24.0 Å². The molecule has 0 spiro atoms. The molecule has 1 N–H and O–H groups in total. The Kier molecular flexibility index (Phi) is 8.76. The summed E-state index contributed by atoms with van der Waals surface area (Å²) in [4.78, 5) is 6.52. The third kappa shape index (κ3) is 6.56. The van der Waals surface area contributed by atoms with E-state index in [1.807, 2.05) is 0 Å². The number of rotatable bonds is 5. The molecule has 0 radical (unpaired) electrons. The molecule has 0 saturated carbocycles. The second-order valence-corrected chi connectivity index (χ2v) is 7.09. The summed E-state index contributed by atoms with van der Waals surface area (Å²) >= 11 is 0. The van der Waals surface area contributed by atoms with Crippen LogP contribution in [0.3, 0.4) is 0 Å². The van der Waals surface area contributed by atoms with Gasteiger partial charge in [0.05, 0.1) is 26.0 Å². The summed E-state index contributed by atoms with van der Waals surface area (Å²) in [7, 11) is -8.80. The first-order valence-electron chi connectivity index (χ1n) is 5.53. The number of aromatic amines is 1. The molecule has 0 aliphatic heterocycles. The number of aromatic nitrogens is 2. The Morgan fingerprint density at radius 3 is 2.27 bits per heavy atom. The molecule has 110 valence electrons. The first-order valence-corrected chi connectivity index (χ1v) is 8.52. The Labute approximate surface area is 172 Å². The van der Waals surface area contributed by atoms with Gasteiger partial charge in [-0.3, -0.25) is 0 Å². The van der Waals surface area contributed by atoms with E-state index in [2.05, 4.69) is 9.97 Å². The van der Waals surface area contributed by atoms with Gasteiger partial charge in [-0.25, -0.2) is 21.8 Å². The van der Waals surface area contributed by atoms with Crippen LogP contribution in [0.25, 0.3) is 11.0 Å². The Hall–Kier alpha value is 0.510. The van der Waals surface area contributed by atoms with Gasteiger partial charge in [-0.2, -0.15) is 0 Å². The molecule has 1 aromatic carbocycles. The number of hydrogen-bond acceptors (Lipinski definition) is 7. The normalized spacial score (nSPS) is 11.7. The molecule has 2 rings (SSSR count). The summed E-state index contributed by atoms with van der Waals surface area (Å²) in [5.74, 6) is -0.0753. The molecule has 0 aliphatic carbocycles. The van der Waals surface area contributed by atoms with Gasteiger partial charge in [-0.05, 0) is 24.6 Å². The zero-order chi connectivity index (χ0) is 15.0. The second kappa shape index (κ2) is 8.56. The number of nitrogens with zero attached hydrogens (tertiary/aromatic N) is 1. The van der Waals surface area contributed by atoms with Crippen molar-refractivity contribution < 1.29 is 85.1 Å². The van der Waals surface area contributed by atoms with Gasteiger partial charge in [0, 0.05) is 12.2 Å². The number of imidazole rings is 1. The second-order valence-electron chi connectivity index (χ2n) is 4.18. The molecule has 2 aromatic rings. The number of H-pyrrole nitrogens is 1. The first-order chi connectivity index (χ1) is 9.15. The van der Waals surface area contributed by atoms with Crippen LogP contribution in [-0.2, 0) is 26.7 Å². The summed E-state index contributed by atoms with van der Waals surface area (Å²) in [6.07, 6.45) is 0.341. The Morgan fingerprint density at radius 1 is 1.09 bits per heavy atom. The minimum atomic E-state index is -4.54. The standard InChI is InChI=1S/C10H12N2O6S2.2Na/c13-19(14,15)5-1-2-10-11-8-4-3-7(20(16,17)18)6-9(8)12-10;;/h3-4,6H,1-2,5H2,(H,11,12)(H,13,14,15)(H,16,17,18);;/q;2*+1/p-2. The molecular formula is C10H10N2Na2O6S2. The fourth-order valence-corrected chi connectivity index (χ4v) is 2.73. The van der Waals surface area contributed by atoms with Crippen molar-refractivity contribution in [1.82, 2.24) is 9.97 Å². The third-order valence-corrected chi connectivity index (χ3v) is 4.22. The average Bonchev–Trinajstić information content (AvgIpc) is 2.67. The van der Waals surface area contributed by atoms with Gasteiger partial charge in [-0.1, -0.05) is 0 Å².